The Morgan fingerprint density at radius 2 is 2.06 bits per heavy atom. The second-order valence-corrected chi connectivity index (χ2v) is 4.20. The zero-order chi connectivity index (χ0) is 12.5. The Balaban J connectivity index is 3.64. The van der Waals surface area contributed by atoms with Crippen LogP contribution in [-0.4, -0.2) is 13.4 Å². The van der Waals surface area contributed by atoms with Crippen LogP contribution in [0, 0.1) is 17.3 Å². The number of nitrogens with zero attached hydrogens (tertiary/aromatic N) is 2. The molecule has 0 atom stereocenters. The van der Waals surface area contributed by atoms with E-state index in [1.165, 1.54) is 6.07 Å². The molecule has 0 saturated carbocycles. The fourth-order valence-electron chi connectivity index (χ4n) is 0.947. The van der Waals surface area contributed by atoms with Crippen LogP contribution in [0.1, 0.15) is 17.7 Å². The van der Waals surface area contributed by atoms with Gasteiger partial charge in [0.1, 0.15) is 22.2 Å². The minimum absolute atomic E-state index is 0.377. The molecule has 5 nitrogen and oxygen atoms in total. The smallest absolute Gasteiger partial charge is 0.225 e. The van der Waals surface area contributed by atoms with Crippen molar-refractivity contribution < 1.29 is 21.6 Å². The lowest BCUT2D eigenvalue weighted by molar-refractivity contribution is 0.144. The van der Waals surface area contributed by atoms with E-state index in [-0.39, 0.29) is 0 Å². The van der Waals surface area contributed by atoms with Crippen LogP contribution in [0.5, 0.6) is 0 Å². The molecule has 16 heavy (non-hydrogen) atoms. The lowest BCUT2D eigenvalue weighted by atomic mass is 10.2. The van der Waals surface area contributed by atoms with Crippen molar-refractivity contribution in [2.45, 2.75) is 11.3 Å². The van der Waals surface area contributed by atoms with Crippen LogP contribution < -0.4 is 5.14 Å². The van der Waals surface area contributed by atoms with Crippen molar-refractivity contribution in [3.8, 4) is 6.07 Å². The Morgan fingerprint density at radius 1 is 1.50 bits per heavy atom. The maximum absolute atomic E-state index is 13.0. The van der Waals surface area contributed by atoms with Gasteiger partial charge in [0.15, 0.2) is 0 Å². The predicted molar refractivity (Wildman–Crippen MR) is 45.2 cm³/mol. The van der Waals surface area contributed by atoms with Crippen LogP contribution in [0.3, 0.4) is 0 Å². The van der Waals surface area contributed by atoms with Crippen LogP contribution in [0.2, 0.25) is 0 Å². The van der Waals surface area contributed by atoms with Crippen molar-refractivity contribution in [3.63, 3.8) is 0 Å². The van der Waals surface area contributed by atoms with E-state index >= 15 is 0 Å². The second kappa shape index (κ2) is 4.07. The molecule has 0 aromatic carbocycles. The summed E-state index contributed by atoms with van der Waals surface area (Å²) in [6.45, 7) is 0. The Hall–Kier alpha value is -1.66. The van der Waals surface area contributed by atoms with E-state index in [0.29, 0.717) is 6.07 Å². The molecule has 0 aliphatic heterocycles. The molecule has 0 unspecified atom stereocenters. The average Bonchev–Trinajstić information content (AvgIpc) is 2.14. The molecule has 1 aromatic rings. The molecule has 0 amide bonds. The number of hydrogen-bond donors (Lipinski definition) is 1. The standard InChI is InChI=1S/C7H4F3N3O2S/c8-6(9)4-1-5(16(12,14)15)3(2-11)7(10)13-4/h1,6H,(H2,12,14,15). The zero-order valence-corrected chi connectivity index (χ0v) is 8.30. The quantitative estimate of drug-likeness (QED) is 0.781. The number of sulfonamides is 1. The second-order valence-electron chi connectivity index (χ2n) is 2.67. The van der Waals surface area contributed by atoms with E-state index in [4.69, 9.17) is 5.26 Å². The Bertz CT molecular complexity index is 565. The number of halogens is 3. The number of nitriles is 1. The van der Waals surface area contributed by atoms with Crippen LogP contribution in [0.15, 0.2) is 11.0 Å². The van der Waals surface area contributed by atoms with Crippen molar-refractivity contribution in [2.24, 2.45) is 5.14 Å². The minimum atomic E-state index is -4.46. The van der Waals surface area contributed by atoms with Gasteiger partial charge in [0.25, 0.3) is 6.43 Å². The van der Waals surface area contributed by atoms with Gasteiger partial charge in [0, 0.05) is 0 Å². The van der Waals surface area contributed by atoms with Gasteiger partial charge < -0.3 is 0 Å². The summed E-state index contributed by atoms with van der Waals surface area (Å²) >= 11 is 0. The fraction of sp³-hybridized carbons (Fsp3) is 0.143. The Kier molecular flexibility index (Phi) is 3.16. The normalized spacial score (nSPS) is 11.5. The summed E-state index contributed by atoms with van der Waals surface area (Å²) in [7, 11) is -4.46. The van der Waals surface area contributed by atoms with E-state index in [1.807, 2.05) is 0 Å². The first kappa shape index (κ1) is 12.4. The summed E-state index contributed by atoms with van der Waals surface area (Å²) in [6, 6.07) is 1.57. The number of alkyl halides is 2. The molecule has 0 aliphatic rings. The average molecular weight is 251 g/mol. The van der Waals surface area contributed by atoms with Gasteiger partial charge in [-0.05, 0) is 6.07 Å². The summed E-state index contributed by atoms with van der Waals surface area (Å²) in [5.41, 5.74) is -2.08. The summed E-state index contributed by atoms with van der Waals surface area (Å²) in [6.07, 6.45) is -3.16. The number of hydrogen-bond acceptors (Lipinski definition) is 4. The van der Waals surface area contributed by atoms with E-state index in [0.717, 1.165) is 0 Å². The molecule has 2 N–H and O–H groups in total. The van der Waals surface area contributed by atoms with Gasteiger partial charge in [-0.3, -0.25) is 0 Å². The van der Waals surface area contributed by atoms with E-state index < -0.39 is 38.5 Å². The molecule has 9 heteroatoms. The third-order valence-corrected chi connectivity index (χ3v) is 2.54. The predicted octanol–water partition coefficient (Wildman–Crippen LogP) is 0.677. The maximum atomic E-state index is 13.0. The summed E-state index contributed by atoms with van der Waals surface area (Å²) in [5, 5.41) is 13.1. The van der Waals surface area contributed by atoms with Crippen LogP contribution in [0.25, 0.3) is 0 Å². The van der Waals surface area contributed by atoms with Gasteiger partial charge in [0.2, 0.25) is 16.0 Å². The number of primary sulfonamides is 1. The van der Waals surface area contributed by atoms with Crippen LogP contribution in [0.4, 0.5) is 13.2 Å². The van der Waals surface area contributed by atoms with E-state index in [1.54, 1.807) is 0 Å². The third-order valence-electron chi connectivity index (χ3n) is 1.60. The third kappa shape index (κ3) is 2.29. The molecule has 1 rings (SSSR count). The van der Waals surface area contributed by atoms with Crippen molar-refractivity contribution in [1.82, 2.24) is 4.98 Å². The lowest BCUT2D eigenvalue weighted by Crippen LogP contribution is -2.16. The van der Waals surface area contributed by atoms with Gasteiger partial charge in [-0.15, -0.1) is 0 Å². The Morgan fingerprint density at radius 3 is 2.44 bits per heavy atom. The number of rotatable bonds is 2. The molecule has 1 heterocycles. The highest BCUT2D eigenvalue weighted by molar-refractivity contribution is 7.89. The van der Waals surface area contributed by atoms with Crippen molar-refractivity contribution >= 4 is 10.0 Å². The fourth-order valence-corrected chi connectivity index (χ4v) is 1.65. The number of pyridine rings is 1. The SMILES string of the molecule is N#Cc1c(S(N)(=O)=O)cc(C(F)F)nc1F. The van der Waals surface area contributed by atoms with Crippen molar-refractivity contribution in [1.29, 1.82) is 5.26 Å². The van der Waals surface area contributed by atoms with Crippen LogP contribution in [-0.2, 0) is 10.0 Å². The van der Waals surface area contributed by atoms with Gasteiger partial charge in [-0.25, -0.2) is 27.3 Å². The minimum Gasteiger partial charge on any atom is -0.225 e. The first-order chi connectivity index (χ1) is 7.27. The molecule has 0 spiro atoms. The summed E-state index contributed by atoms with van der Waals surface area (Å²) < 4.78 is 59.3. The molecular formula is C7H4F3N3O2S. The molecule has 1 aromatic heterocycles. The molecular weight excluding hydrogens is 247 g/mol. The first-order valence-corrected chi connectivity index (χ1v) is 5.23. The molecule has 0 bridgehead atoms. The number of nitrogens with two attached hydrogens (primary N) is 1. The Labute approximate surface area is 88.4 Å². The van der Waals surface area contributed by atoms with E-state index in [2.05, 4.69) is 10.1 Å². The molecule has 0 aliphatic carbocycles. The van der Waals surface area contributed by atoms with Crippen LogP contribution >= 0.6 is 0 Å². The molecule has 0 fully saturated rings. The topological polar surface area (TPSA) is 96.8 Å². The van der Waals surface area contributed by atoms with E-state index in [9.17, 15) is 21.6 Å². The molecule has 0 saturated heterocycles. The van der Waals surface area contributed by atoms with Crippen molar-refractivity contribution in [2.75, 3.05) is 0 Å². The highest BCUT2D eigenvalue weighted by Crippen LogP contribution is 2.23. The zero-order valence-electron chi connectivity index (χ0n) is 7.49. The lowest BCUT2D eigenvalue weighted by Gasteiger charge is -2.05. The van der Waals surface area contributed by atoms with Gasteiger partial charge in [-0.1, -0.05) is 0 Å². The van der Waals surface area contributed by atoms with Gasteiger partial charge in [-0.2, -0.15) is 9.65 Å². The largest absolute Gasteiger partial charge is 0.280 e. The monoisotopic (exact) mass is 251 g/mol. The highest BCUT2D eigenvalue weighted by Gasteiger charge is 2.23. The van der Waals surface area contributed by atoms with Crippen molar-refractivity contribution in [3.05, 3.63) is 23.3 Å². The first-order valence-electron chi connectivity index (χ1n) is 3.69. The highest BCUT2D eigenvalue weighted by atomic mass is 32.2. The maximum Gasteiger partial charge on any atom is 0.280 e. The summed E-state index contributed by atoms with van der Waals surface area (Å²) in [5.74, 6) is -1.59. The van der Waals surface area contributed by atoms with Gasteiger partial charge >= 0.3 is 0 Å². The summed E-state index contributed by atoms with van der Waals surface area (Å²) in [4.78, 5) is 1.76. The molecule has 86 valence electrons. The molecule has 0 radical (unpaired) electrons. The number of aromatic nitrogens is 1. The van der Waals surface area contributed by atoms with Gasteiger partial charge in [0.05, 0.1) is 0 Å².